The van der Waals surface area contributed by atoms with E-state index in [1.807, 2.05) is 37.3 Å². The van der Waals surface area contributed by atoms with Gasteiger partial charge in [0, 0.05) is 37.6 Å². The fourth-order valence-corrected chi connectivity index (χ4v) is 8.67. The summed E-state index contributed by atoms with van der Waals surface area (Å²) in [7, 11) is -2.54. The molecule has 1 unspecified atom stereocenters. The van der Waals surface area contributed by atoms with Crippen LogP contribution in [0, 0.1) is 6.92 Å². The lowest BCUT2D eigenvalue weighted by Crippen LogP contribution is -2.76. The molecule has 3 heterocycles. The second-order valence-electron chi connectivity index (χ2n) is 13.7. The summed E-state index contributed by atoms with van der Waals surface area (Å²) in [6, 6.07) is 26.0. The Hall–Kier alpha value is -6.12. The summed E-state index contributed by atoms with van der Waals surface area (Å²) in [5, 5.41) is 16.6. The number of aromatic nitrogens is 1. The summed E-state index contributed by atoms with van der Waals surface area (Å²) < 4.78 is 34.9. The van der Waals surface area contributed by atoms with Crippen molar-refractivity contribution in [3.05, 3.63) is 138 Å². The molecule has 0 saturated carbocycles. The zero-order chi connectivity index (χ0) is 38.9. The second kappa shape index (κ2) is 15.3. The van der Waals surface area contributed by atoms with E-state index in [9.17, 15) is 27.9 Å². The number of benzene rings is 4. The minimum Gasteiger partial charge on any atom is -0.508 e. The molecule has 0 spiro atoms. The van der Waals surface area contributed by atoms with Crippen molar-refractivity contribution < 1.29 is 32.6 Å². The van der Waals surface area contributed by atoms with Gasteiger partial charge in [-0.05, 0) is 66.1 Å². The summed E-state index contributed by atoms with van der Waals surface area (Å²) in [4.78, 5) is 46.1. The van der Waals surface area contributed by atoms with Crippen molar-refractivity contribution in [3.8, 4) is 11.5 Å². The number of hydrogen-bond acceptors (Lipinski definition) is 8. The normalized spacial score (nSPS) is 17.7. The maximum Gasteiger partial charge on any atom is 0.334 e. The molecule has 284 valence electrons. The third-order valence-electron chi connectivity index (χ3n) is 10.0. The highest BCUT2D eigenvalue weighted by atomic mass is 32.2. The molecule has 2 fully saturated rings. The smallest absolute Gasteiger partial charge is 0.334 e. The molecule has 1 aromatic heterocycles. The monoisotopic (exact) mass is 762 g/mol. The van der Waals surface area contributed by atoms with Gasteiger partial charge in [-0.3, -0.25) is 9.59 Å². The van der Waals surface area contributed by atoms with Gasteiger partial charge < -0.3 is 25.0 Å². The number of urea groups is 1. The highest BCUT2D eigenvalue weighted by molar-refractivity contribution is 7.90. The molecule has 2 atom stereocenters. The van der Waals surface area contributed by atoms with Crippen molar-refractivity contribution in [1.82, 2.24) is 29.1 Å². The molecule has 0 bridgehead atoms. The molecule has 5 aromatic rings. The number of aryl methyl sites for hydroxylation is 1. The fourth-order valence-electron chi connectivity index (χ4n) is 7.28. The topological polar surface area (TPSA) is 145 Å². The Labute approximate surface area is 319 Å². The van der Waals surface area contributed by atoms with Gasteiger partial charge in [-0.25, -0.2) is 27.2 Å². The van der Waals surface area contributed by atoms with Crippen LogP contribution in [0.3, 0.4) is 0 Å². The highest BCUT2D eigenvalue weighted by Crippen LogP contribution is 2.34. The molecule has 2 N–H and O–H groups in total. The van der Waals surface area contributed by atoms with Crippen LogP contribution in [0.15, 0.2) is 121 Å². The number of rotatable bonds is 11. The molecule has 55 heavy (non-hydrogen) atoms. The first-order valence-corrected chi connectivity index (χ1v) is 19.3. The van der Waals surface area contributed by atoms with E-state index in [1.165, 1.54) is 39.3 Å². The first-order valence-electron chi connectivity index (χ1n) is 17.8. The van der Waals surface area contributed by atoms with Gasteiger partial charge in [-0.1, -0.05) is 66.2 Å². The molecule has 14 heteroatoms. The lowest BCUT2D eigenvalue weighted by molar-refractivity contribution is -0.189. The van der Waals surface area contributed by atoms with E-state index in [4.69, 9.17) is 4.74 Å². The number of amides is 4. The van der Waals surface area contributed by atoms with Crippen molar-refractivity contribution >= 4 is 38.8 Å². The predicted molar refractivity (Wildman–Crippen MR) is 206 cm³/mol. The molecular formula is C41H42N6O7S. The molecule has 4 aromatic carbocycles. The Morgan fingerprint density at radius 1 is 0.982 bits per heavy atom. The third kappa shape index (κ3) is 7.38. The second-order valence-corrected chi connectivity index (χ2v) is 15.5. The number of carbonyl (C=O) groups excluding carboxylic acids is 3. The van der Waals surface area contributed by atoms with Gasteiger partial charge >= 0.3 is 6.03 Å². The van der Waals surface area contributed by atoms with Crippen molar-refractivity contribution in [2.24, 2.45) is 0 Å². The van der Waals surface area contributed by atoms with Crippen LogP contribution >= 0.6 is 0 Å². The van der Waals surface area contributed by atoms with Gasteiger partial charge in [0.05, 0.1) is 30.6 Å². The van der Waals surface area contributed by atoms with Crippen molar-refractivity contribution in [3.63, 3.8) is 0 Å². The molecule has 0 radical (unpaired) electrons. The average molecular weight is 763 g/mol. The number of phenols is 1. The number of nitrogens with zero attached hydrogens (tertiary/aromatic N) is 5. The molecule has 2 aliphatic heterocycles. The number of methoxy groups -OCH3 is 1. The van der Waals surface area contributed by atoms with Crippen LogP contribution in [-0.4, -0.2) is 94.1 Å². The molecule has 2 saturated heterocycles. The number of nitrogens with one attached hydrogen (secondary N) is 1. The zero-order valence-electron chi connectivity index (χ0n) is 30.5. The summed E-state index contributed by atoms with van der Waals surface area (Å²) in [5.41, 5.74) is 3.42. The number of phenolic OH excluding ortho intramolecular Hbond substituents is 1. The Morgan fingerprint density at radius 2 is 1.71 bits per heavy atom. The number of carbonyl (C=O) groups is 3. The van der Waals surface area contributed by atoms with Gasteiger partial charge in [0.25, 0.3) is 10.0 Å². The minimum absolute atomic E-state index is 0.0372. The molecule has 4 amide bonds. The number of ether oxygens (including phenoxy) is 1. The molecule has 13 nitrogen and oxygen atoms in total. The Bertz CT molecular complexity index is 2350. The maximum absolute atomic E-state index is 14.7. The van der Waals surface area contributed by atoms with Crippen LogP contribution in [0.25, 0.3) is 10.9 Å². The van der Waals surface area contributed by atoms with Crippen LogP contribution in [0.5, 0.6) is 11.5 Å². The van der Waals surface area contributed by atoms with Gasteiger partial charge in [-0.2, -0.15) is 0 Å². The number of hydrazine groups is 1. The largest absolute Gasteiger partial charge is 0.508 e. The van der Waals surface area contributed by atoms with Crippen LogP contribution in [-0.2, 0) is 39.1 Å². The van der Waals surface area contributed by atoms with E-state index >= 15 is 0 Å². The van der Waals surface area contributed by atoms with Crippen molar-refractivity contribution in [2.45, 2.75) is 43.5 Å². The first-order chi connectivity index (χ1) is 26.5. The van der Waals surface area contributed by atoms with Crippen molar-refractivity contribution in [2.75, 3.05) is 26.7 Å². The third-order valence-corrected chi connectivity index (χ3v) is 11.7. The summed E-state index contributed by atoms with van der Waals surface area (Å²) in [6.45, 7) is 5.89. The minimum atomic E-state index is -4.06. The standard InChI is InChI=1S/C41H42N6O7S/c1-4-20-44-27-39(49)46-37(21-29-12-14-32(48)15-13-29)40(50)43(26-38(46)47(44)41(51)42-23-30-8-6-5-7-9-30)24-31-25-45(36-19-16-33(54-3)22-35(31)36)55(52,53)34-17-10-28(2)11-18-34/h4-19,22,25,37-38,48H,1,20-21,23-24,26-27H2,2-3H3,(H,42,51)/t37?,38-/m0/s1. The Balaban J connectivity index is 1.30. The first kappa shape index (κ1) is 37.2. The van der Waals surface area contributed by atoms with E-state index in [-0.39, 0.29) is 61.6 Å². The highest BCUT2D eigenvalue weighted by Gasteiger charge is 2.51. The van der Waals surface area contributed by atoms with E-state index < -0.39 is 28.3 Å². The van der Waals surface area contributed by atoms with Crippen LogP contribution in [0.1, 0.15) is 22.3 Å². The van der Waals surface area contributed by atoms with Gasteiger partial charge in [0.1, 0.15) is 23.7 Å². The number of piperazine rings is 1. The summed E-state index contributed by atoms with van der Waals surface area (Å²) in [6.07, 6.45) is 2.32. The summed E-state index contributed by atoms with van der Waals surface area (Å²) >= 11 is 0. The molecule has 0 aliphatic carbocycles. The van der Waals surface area contributed by atoms with Crippen molar-refractivity contribution in [1.29, 1.82) is 0 Å². The number of fused-ring (bicyclic) bond motifs is 2. The predicted octanol–water partition coefficient (Wildman–Crippen LogP) is 4.64. The molecule has 2 aliphatic rings. The Morgan fingerprint density at radius 3 is 2.40 bits per heavy atom. The maximum atomic E-state index is 14.7. The summed E-state index contributed by atoms with van der Waals surface area (Å²) in [5.74, 6) is -0.147. The van der Waals surface area contributed by atoms with Crippen LogP contribution in [0.2, 0.25) is 0 Å². The lowest BCUT2D eigenvalue weighted by Gasteiger charge is -2.55. The molecular weight excluding hydrogens is 721 g/mol. The van der Waals surface area contributed by atoms with Gasteiger partial charge in [0.15, 0.2) is 0 Å². The quantitative estimate of drug-likeness (QED) is 0.186. The van der Waals surface area contributed by atoms with Crippen LogP contribution in [0.4, 0.5) is 4.79 Å². The fraction of sp³-hybridized carbons (Fsp3) is 0.244. The Kier molecular flexibility index (Phi) is 10.4. The zero-order valence-corrected chi connectivity index (χ0v) is 31.4. The SMILES string of the molecule is C=CCN1CC(=O)N2C(Cc3ccc(O)cc3)C(=O)N(Cc3cn(S(=O)(=O)c4ccc(C)cc4)c4ccc(OC)cc34)C[C@@H]2N1C(=O)NCc1ccccc1. The average Bonchev–Trinajstić information content (AvgIpc) is 3.55. The lowest BCUT2D eigenvalue weighted by atomic mass is 9.98. The van der Waals surface area contributed by atoms with Crippen LogP contribution < -0.4 is 10.1 Å². The van der Waals surface area contributed by atoms with E-state index in [2.05, 4.69) is 11.9 Å². The molecule has 7 rings (SSSR count). The number of hydrogen-bond donors (Lipinski definition) is 2. The van der Waals surface area contributed by atoms with Gasteiger partial charge in [0.2, 0.25) is 11.8 Å². The van der Waals surface area contributed by atoms with E-state index in [1.54, 1.807) is 70.6 Å². The number of aromatic hydroxyl groups is 1. The van der Waals surface area contributed by atoms with E-state index in [0.29, 0.717) is 27.8 Å². The van der Waals surface area contributed by atoms with E-state index in [0.717, 1.165) is 11.1 Å². The van der Waals surface area contributed by atoms with Gasteiger partial charge in [-0.15, -0.1) is 6.58 Å².